The molecule has 2 atom stereocenters. The Labute approximate surface area is 109 Å². The third-order valence-electron chi connectivity index (χ3n) is 3.35. The molecule has 1 amide bonds. The summed E-state index contributed by atoms with van der Waals surface area (Å²) < 4.78 is 5.57. The Morgan fingerprint density at radius 1 is 1.39 bits per heavy atom. The first-order chi connectivity index (χ1) is 8.33. The number of rotatable bonds is 4. The lowest BCUT2D eigenvalue weighted by atomic mass is 9.96. The van der Waals surface area contributed by atoms with Crippen molar-refractivity contribution in [1.29, 1.82) is 0 Å². The molecule has 3 saturated heterocycles. The van der Waals surface area contributed by atoms with Gasteiger partial charge in [0.25, 0.3) is 0 Å². The molecule has 4 nitrogen and oxygen atoms in total. The third kappa shape index (κ3) is 3.56. The summed E-state index contributed by atoms with van der Waals surface area (Å²) in [4.78, 5) is 14.2. The molecule has 3 aliphatic heterocycles. The van der Waals surface area contributed by atoms with E-state index in [0.717, 1.165) is 13.1 Å². The van der Waals surface area contributed by atoms with Crippen LogP contribution in [-0.4, -0.2) is 49.2 Å². The quantitative estimate of drug-likeness (QED) is 0.764. The van der Waals surface area contributed by atoms with Crippen LogP contribution in [0.15, 0.2) is 12.2 Å². The van der Waals surface area contributed by atoms with Gasteiger partial charge in [0, 0.05) is 38.2 Å². The highest BCUT2D eigenvalue weighted by Crippen LogP contribution is 2.28. The lowest BCUT2D eigenvalue weighted by Crippen LogP contribution is -2.57. The van der Waals surface area contributed by atoms with Crippen LogP contribution in [0, 0.1) is 5.41 Å². The summed E-state index contributed by atoms with van der Waals surface area (Å²) in [5, 5.41) is 2.94. The average molecular weight is 252 g/mol. The number of nitrogens with zero attached hydrogens (tertiary/aromatic N) is 1. The maximum absolute atomic E-state index is 11.9. The molecule has 3 rings (SSSR count). The molecule has 3 aliphatic rings. The van der Waals surface area contributed by atoms with Crippen molar-refractivity contribution in [3.05, 3.63) is 12.2 Å². The van der Waals surface area contributed by atoms with E-state index in [9.17, 15) is 4.79 Å². The summed E-state index contributed by atoms with van der Waals surface area (Å²) in [6, 6.07) is 0. The van der Waals surface area contributed by atoms with E-state index in [1.54, 1.807) is 0 Å². The lowest BCUT2D eigenvalue weighted by Gasteiger charge is -2.47. The molecule has 3 heterocycles. The van der Waals surface area contributed by atoms with Gasteiger partial charge in [-0.25, -0.2) is 0 Å². The summed E-state index contributed by atoms with van der Waals surface area (Å²) in [5.74, 6) is -0.0231. The largest absolute Gasteiger partial charge is 0.372 e. The highest BCUT2D eigenvalue weighted by molar-refractivity contribution is 5.93. The van der Waals surface area contributed by atoms with Crippen molar-refractivity contribution in [1.82, 2.24) is 10.2 Å². The van der Waals surface area contributed by atoms with Gasteiger partial charge in [0.2, 0.25) is 5.91 Å². The Hall–Kier alpha value is -0.870. The summed E-state index contributed by atoms with van der Waals surface area (Å²) in [6.45, 7) is 13.4. The zero-order chi connectivity index (χ0) is 13.3. The number of fused-ring (bicyclic) bond motifs is 2. The Kier molecular flexibility index (Phi) is 3.78. The molecule has 1 N–H and O–H groups in total. The molecule has 0 aromatic carbocycles. The number of ether oxygens (including phenoxy) is 1. The maximum atomic E-state index is 11.9. The summed E-state index contributed by atoms with van der Waals surface area (Å²) in [7, 11) is 0. The van der Waals surface area contributed by atoms with Crippen molar-refractivity contribution in [2.24, 2.45) is 5.41 Å². The highest BCUT2D eigenvalue weighted by atomic mass is 16.5. The molecule has 4 heteroatoms. The average Bonchev–Trinajstić information content (AvgIpc) is 2.23. The van der Waals surface area contributed by atoms with Gasteiger partial charge in [-0.05, 0) is 5.41 Å². The molecule has 0 aliphatic carbocycles. The molecule has 2 bridgehead atoms. The number of carbonyl (C=O) groups is 1. The van der Waals surface area contributed by atoms with Gasteiger partial charge in [-0.1, -0.05) is 27.4 Å². The van der Waals surface area contributed by atoms with E-state index >= 15 is 0 Å². The van der Waals surface area contributed by atoms with E-state index in [2.05, 4.69) is 37.6 Å². The van der Waals surface area contributed by atoms with E-state index < -0.39 is 0 Å². The third-order valence-corrected chi connectivity index (χ3v) is 3.35. The van der Waals surface area contributed by atoms with Crippen LogP contribution in [0.4, 0.5) is 0 Å². The minimum Gasteiger partial charge on any atom is -0.372 e. The van der Waals surface area contributed by atoms with Crippen molar-refractivity contribution < 1.29 is 9.53 Å². The number of nitrogens with one attached hydrogen (secondary N) is 1. The monoisotopic (exact) mass is 252 g/mol. The predicted molar refractivity (Wildman–Crippen MR) is 71.3 cm³/mol. The Morgan fingerprint density at radius 2 is 1.94 bits per heavy atom. The molecule has 0 spiro atoms. The molecule has 102 valence electrons. The van der Waals surface area contributed by atoms with Gasteiger partial charge < -0.3 is 10.1 Å². The van der Waals surface area contributed by atoms with E-state index in [0.29, 0.717) is 30.9 Å². The summed E-state index contributed by atoms with van der Waals surface area (Å²) in [6.07, 6.45) is 1.95. The van der Waals surface area contributed by atoms with Crippen LogP contribution in [0.1, 0.15) is 27.2 Å². The van der Waals surface area contributed by atoms with Gasteiger partial charge in [0.15, 0.2) is 0 Å². The fraction of sp³-hybridized carbons (Fsp3) is 0.786. The van der Waals surface area contributed by atoms with Gasteiger partial charge in [0.1, 0.15) is 0 Å². The Morgan fingerprint density at radius 3 is 2.44 bits per heavy atom. The fourth-order valence-corrected chi connectivity index (χ4v) is 2.38. The number of hydrogen-bond acceptors (Lipinski definition) is 3. The van der Waals surface area contributed by atoms with Crippen LogP contribution in [0.25, 0.3) is 0 Å². The second kappa shape index (κ2) is 5.02. The first-order valence-electron chi connectivity index (χ1n) is 6.67. The molecule has 0 aromatic heterocycles. The number of carbonyl (C=O) groups excluding carboxylic acids is 1. The Bertz CT molecular complexity index is 330. The van der Waals surface area contributed by atoms with Gasteiger partial charge in [-0.2, -0.15) is 0 Å². The molecule has 18 heavy (non-hydrogen) atoms. The van der Waals surface area contributed by atoms with Gasteiger partial charge >= 0.3 is 0 Å². The van der Waals surface area contributed by atoms with E-state index in [4.69, 9.17) is 4.74 Å². The van der Waals surface area contributed by atoms with Gasteiger partial charge in [-0.15, -0.1) is 0 Å². The van der Waals surface area contributed by atoms with Crippen molar-refractivity contribution in [2.75, 3.05) is 26.2 Å². The zero-order valence-corrected chi connectivity index (χ0v) is 11.7. The van der Waals surface area contributed by atoms with E-state index in [-0.39, 0.29) is 11.3 Å². The van der Waals surface area contributed by atoms with Gasteiger partial charge in [0.05, 0.1) is 12.2 Å². The molecule has 2 unspecified atom stereocenters. The van der Waals surface area contributed by atoms with Crippen LogP contribution in [0.5, 0.6) is 0 Å². The Balaban J connectivity index is 1.72. The van der Waals surface area contributed by atoms with Crippen LogP contribution in [0.2, 0.25) is 0 Å². The molecular weight excluding hydrogens is 228 g/mol. The van der Waals surface area contributed by atoms with E-state index in [1.807, 2.05) is 0 Å². The SMILES string of the molecule is C=C(CN1CC2CC(C1)O2)C(=O)NCC(C)(C)C. The molecule has 0 saturated carbocycles. The topological polar surface area (TPSA) is 41.6 Å². The van der Waals surface area contributed by atoms with Gasteiger partial charge in [-0.3, -0.25) is 9.69 Å². The van der Waals surface area contributed by atoms with Crippen LogP contribution >= 0.6 is 0 Å². The standard InChI is InChI=1S/C14H24N2O2/c1-10(13(17)15-9-14(2,3)4)6-16-7-11-5-12(8-16)18-11/h11-12H,1,5-9H2,2-4H3,(H,15,17). The van der Waals surface area contributed by atoms with Crippen molar-refractivity contribution in [2.45, 2.75) is 39.4 Å². The molecule has 0 aromatic rings. The van der Waals surface area contributed by atoms with Crippen LogP contribution in [-0.2, 0) is 9.53 Å². The predicted octanol–water partition coefficient (Wildman–Crippen LogP) is 1.18. The van der Waals surface area contributed by atoms with Crippen LogP contribution in [0.3, 0.4) is 0 Å². The molecule has 3 fully saturated rings. The molecular formula is C14H24N2O2. The van der Waals surface area contributed by atoms with Crippen molar-refractivity contribution in [3.8, 4) is 0 Å². The lowest BCUT2D eigenvalue weighted by molar-refractivity contribution is -0.179. The van der Waals surface area contributed by atoms with Crippen molar-refractivity contribution >= 4 is 5.91 Å². The number of amides is 1. The molecule has 0 radical (unpaired) electrons. The highest BCUT2D eigenvalue weighted by Gasteiger charge is 2.38. The number of morpholine rings is 1. The van der Waals surface area contributed by atoms with E-state index in [1.165, 1.54) is 6.42 Å². The minimum atomic E-state index is -0.0231. The van der Waals surface area contributed by atoms with Crippen molar-refractivity contribution in [3.63, 3.8) is 0 Å². The summed E-state index contributed by atoms with van der Waals surface area (Å²) >= 11 is 0. The summed E-state index contributed by atoms with van der Waals surface area (Å²) in [5.41, 5.74) is 0.761. The second-order valence-electron chi connectivity index (χ2n) is 6.66. The first-order valence-corrected chi connectivity index (χ1v) is 6.67. The number of hydrogen-bond donors (Lipinski definition) is 1. The smallest absolute Gasteiger partial charge is 0.247 e. The second-order valence-corrected chi connectivity index (χ2v) is 6.66. The maximum Gasteiger partial charge on any atom is 0.247 e. The normalized spacial score (nSPS) is 27.5. The number of piperidine rings is 1. The van der Waals surface area contributed by atoms with Crippen LogP contribution < -0.4 is 5.32 Å². The first kappa shape index (κ1) is 13.6. The zero-order valence-electron chi connectivity index (χ0n) is 11.7. The minimum absolute atomic E-state index is 0.0231. The fourth-order valence-electron chi connectivity index (χ4n) is 2.38.